The third-order valence-electron chi connectivity index (χ3n) is 4.67. The molecule has 0 unspecified atom stereocenters. The second kappa shape index (κ2) is 7.76. The van der Waals surface area contributed by atoms with E-state index >= 15 is 0 Å². The summed E-state index contributed by atoms with van der Waals surface area (Å²) in [6.07, 6.45) is 5.12. The summed E-state index contributed by atoms with van der Waals surface area (Å²) in [5.41, 5.74) is 6.22. The third-order valence-corrected chi connectivity index (χ3v) is 5.95. The number of hydrogen-bond donors (Lipinski definition) is 2. The first-order valence-electron chi connectivity index (χ1n) is 8.70. The molecule has 0 bridgehead atoms. The summed E-state index contributed by atoms with van der Waals surface area (Å²) in [6, 6.07) is 3.66. The van der Waals surface area contributed by atoms with Gasteiger partial charge < -0.3 is 9.67 Å². The Balaban J connectivity index is 1.99. The molecule has 3 rings (SSSR count). The number of aromatic carboxylic acids is 1. The fraction of sp³-hybridized carbons (Fsp3) is 0.368. The minimum atomic E-state index is -0.893. The molecule has 2 N–H and O–H groups in total. The number of thiophene rings is 1. The van der Waals surface area contributed by atoms with Gasteiger partial charge in [0.2, 0.25) is 0 Å². The first-order chi connectivity index (χ1) is 12.9. The van der Waals surface area contributed by atoms with Crippen LogP contribution in [0.4, 0.5) is 0 Å². The van der Waals surface area contributed by atoms with E-state index in [9.17, 15) is 14.7 Å². The minimum absolute atomic E-state index is 0.251. The molecule has 2 heterocycles. The third kappa shape index (κ3) is 3.64. The average Bonchev–Trinajstić information content (AvgIpc) is 3.12. The van der Waals surface area contributed by atoms with Crippen LogP contribution < -0.4 is 5.43 Å². The van der Waals surface area contributed by atoms with Crippen LogP contribution in [0.25, 0.3) is 5.00 Å². The number of carboxylic acid groups (broad SMARTS) is 1. The van der Waals surface area contributed by atoms with E-state index in [-0.39, 0.29) is 6.42 Å². The summed E-state index contributed by atoms with van der Waals surface area (Å²) in [4.78, 5) is 24.5. The van der Waals surface area contributed by atoms with Crippen LogP contribution >= 0.6 is 11.3 Å². The van der Waals surface area contributed by atoms with Crippen molar-refractivity contribution >= 4 is 29.4 Å². The Labute approximate surface area is 160 Å². The van der Waals surface area contributed by atoms with Crippen LogP contribution in [0.5, 0.6) is 0 Å². The van der Waals surface area contributed by atoms with Gasteiger partial charge in [0.25, 0.3) is 5.91 Å². The van der Waals surface area contributed by atoms with Gasteiger partial charge in [0.1, 0.15) is 11.4 Å². The fourth-order valence-corrected chi connectivity index (χ4v) is 4.94. The molecular formula is C19H20N4O3S. The van der Waals surface area contributed by atoms with E-state index in [0.717, 1.165) is 53.2 Å². The summed E-state index contributed by atoms with van der Waals surface area (Å²) in [5, 5.41) is 22.9. The molecule has 0 atom stereocenters. The van der Waals surface area contributed by atoms with E-state index in [1.807, 2.05) is 24.5 Å². The molecule has 2 aromatic heterocycles. The van der Waals surface area contributed by atoms with Crippen LogP contribution in [0, 0.1) is 25.2 Å². The lowest BCUT2D eigenvalue weighted by molar-refractivity contribution is -0.120. The first kappa shape index (κ1) is 18.9. The van der Waals surface area contributed by atoms with Gasteiger partial charge in [-0.3, -0.25) is 4.79 Å². The maximum absolute atomic E-state index is 12.0. The monoisotopic (exact) mass is 384 g/mol. The molecule has 0 radical (unpaired) electrons. The SMILES string of the molecule is Cc1cc(C=NNC(=O)CC#N)c(C)n1-c1sc2c(c1C(=O)O)CCCC2. The zero-order chi connectivity index (χ0) is 19.6. The molecular weight excluding hydrogens is 364 g/mol. The topological polar surface area (TPSA) is 107 Å². The molecule has 7 nitrogen and oxygen atoms in total. The lowest BCUT2D eigenvalue weighted by Gasteiger charge is -2.11. The Hall–Kier alpha value is -2.92. The number of aromatic nitrogens is 1. The van der Waals surface area contributed by atoms with E-state index in [1.165, 1.54) is 11.1 Å². The molecule has 0 fully saturated rings. The van der Waals surface area contributed by atoms with Gasteiger partial charge in [0.05, 0.1) is 17.8 Å². The van der Waals surface area contributed by atoms with Gasteiger partial charge >= 0.3 is 5.97 Å². The van der Waals surface area contributed by atoms with Crippen LogP contribution in [0.15, 0.2) is 11.2 Å². The van der Waals surface area contributed by atoms with Gasteiger partial charge in [-0.1, -0.05) is 0 Å². The maximum atomic E-state index is 12.0. The number of nitriles is 1. The molecule has 140 valence electrons. The minimum Gasteiger partial charge on any atom is -0.478 e. The number of rotatable bonds is 5. The largest absolute Gasteiger partial charge is 0.478 e. The average molecular weight is 384 g/mol. The molecule has 2 aromatic rings. The van der Waals surface area contributed by atoms with Crippen LogP contribution in [0.3, 0.4) is 0 Å². The van der Waals surface area contributed by atoms with Crippen LogP contribution in [-0.4, -0.2) is 27.8 Å². The lowest BCUT2D eigenvalue weighted by atomic mass is 9.95. The second-order valence-corrected chi connectivity index (χ2v) is 7.57. The van der Waals surface area contributed by atoms with E-state index in [1.54, 1.807) is 17.4 Å². The molecule has 1 amide bonds. The van der Waals surface area contributed by atoms with E-state index in [2.05, 4.69) is 10.5 Å². The molecule has 0 aliphatic heterocycles. The van der Waals surface area contributed by atoms with E-state index < -0.39 is 11.9 Å². The van der Waals surface area contributed by atoms with Gasteiger partial charge in [-0.2, -0.15) is 10.4 Å². The Bertz CT molecular complexity index is 978. The first-order valence-corrected chi connectivity index (χ1v) is 9.51. The normalized spacial score (nSPS) is 13.4. The lowest BCUT2D eigenvalue weighted by Crippen LogP contribution is -2.16. The van der Waals surface area contributed by atoms with E-state index in [4.69, 9.17) is 5.26 Å². The Kier molecular flexibility index (Phi) is 5.42. The number of aryl methyl sites for hydroxylation is 2. The van der Waals surface area contributed by atoms with Crippen molar-refractivity contribution in [1.82, 2.24) is 9.99 Å². The predicted octanol–water partition coefficient (Wildman–Crippen LogP) is 3.10. The molecule has 0 saturated heterocycles. The molecule has 8 heteroatoms. The van der Waals surface area contributed by atoms with E-state index in [0.29, 0.717) is 5.56 Å². The predicted molar refractivity (Wildman–Crippen MR) is 103 cm³/mol. The fourth-order valence-electron chi connectivity index (χ4n) is 3.45. The highest BCUT2D eigenvalue weighted by Gasteiger charge is 2.27. The zero-order valence-electron chi connectivity index (χ0n) is 15.2. The highest BCUT2D eigenvalue weighted by atomic mass is 32.1. The van der Waals surface area contributed by atoms with Crippen molar-refractivity contribution in [2.45, 2.75) is 46.0 Å². The molecule has 0 aromatic carbocycles. The van der Waals surface area contributed by atoms with Gasteiger partial charge in [-0.05, 0) is 51.2 Å². The molecule has 1 aliphatic rings. The highest BCUT2D eigenvalue weighted by molar-refractivity contribution is 7.15. The summed E-state index contributed by atoms with van der Waals surface area (Å²) < 4.78 is 1.95. The van der Waals surface area contributed by atoms with Crippen molar-refractivity contribution in [1.29, 1.82) is 5.26 Å². The maximum Gasteiger partial charge on any atom is 0.339 e. The van der Waals surface area contributed by atoms with Crippen molar-refractivity contribution in [2.24, 2.45) is 5.10 Å². The second-order valence-electron chi connectivity index (χ2n) is 6.49. The zero-order valence-corrected chi connectivity index (χ0v) is 16.0. The van der Waals surface area contributed by atoms with Crippen molar-refractivity contribution in [2.75, 3.05) is 0 Å². The summed E-state index contributed by atoms with van der Waals surface area (Å²) >= 11 is 1.55. The van der Waals surface area contributed by atoms with Crippen molar-refractivity contribution in [3.8, 4) is 11.1 Å². The summed E-state index contributed by atoms with van der Waals surface area (Å²) in [5.74, 6) is -1.36. The number of hydrazone groups is 1. The van der Waals surface area contributed by atoms with Gasteiger partial charge in [0, 0.05) is 21.8 Å². The Morgan fingerprint density at radius 3 is 2.85 bits per heavy atom. The smallest absolute Gasteiger partial charge is 0.339 e. The Morgan fingerprint density at radius 1 is 1.41 bits per heavy atom. The van der Waals surface area contributed by atoms with Crippen LogP contribution in [0.1, 0.15) is 57.0 Å². The quantitative estimate of drug-likeness (QED) is 0.610. The van der Waals surface area contributed by atoms with Crippen LogP contribution in [0.2, 0.25) is 0 Å². The standard InChI is InChI=1S/C19H20N4O3S/c1-11-9-13(10-21-22-16(24)7-8-20)12(2)23(11)18-17(19(25)26)14-5-3-4-6-15(14)27-18/h9-10H,3-7H2,1-2H3,(H,22,24)(H,25,26). The molecule has 1 aliphatic carbocycles. The van der Waals surface area contributed by atoms with Crippen LogP contribution in [-0.2, 0) is 17.6 Å². The van der Waals surface area contributed by atoms with Crippen molar-refractivity contribution in [3.05, 3.63) is 39.0 Å². The number of nitrogens with one attached hydrogen (secondary N) is 1. The number of carbonyl (C=O) groups is 2. The number of carbonyl (C=O) groups excluding carboxylic acids is 1. The Morgan fingerprint density at radius 2 is 2.15 bits per heavy atom. The number of hydrogen-bond acceptors (Lipinski definition) is 5. The highest BCUT2D eigenvalue weighted by Crippen LogP contribution is 2.38. The van der Waals surface area contributed by atoms with Gasteiger partial charge in [-0.15, -0.1) is 11.3 Å². The molecule has 27 heavy (non-hydrogen) atoms. The summed E-state index contributed by atoms with van der Waals surface area (Å²) in [7, 11) is 0. The number of nitrogens with zero attached hydrogens (tertiary/aromatic N) is 3. The molecule has 0 spiro atoms. The number of carboxylic acids is 1. The summed E-state index contributed by atoms with van der Waals surface area (Å²) in [6.45, 7) is 3.82. The van der Waals surface area contributed by atoms with Crippen molar-refractivity contribution in [3.63, 3.8) is 0 Å². The van der Waals surface area contributed by atoms with Crippen molar-refractivity contribution < 1.29 is 14.7 Å². The van der Waals surface area contributed by atoms with Gasteiger partial charge in [-0.25, -0.2) is 10.2 Å². The van der Waals surface area contributed by atoms with Gasteiger partial charge in [0.15, 0.2) is 0 Å². The molecule has 0 saturated carbocycles. The number of fused-ring (bicyclic) bond motifs is 1. The number of amides is 1.